The molecule has 1 aromatic rings. The maximum atomic E-state index is 11.9. The molecule has 0 spiro atoms. The molecule has 0 N–H and O–H groups in total. The zero-order chi connectivity index (χ0) is 19.7. The van der Waals surface area contributed by atoms with E-state index in [1.165, 1.54) is 38.2 Å². The maximum Gasteiger partial charge on any atom is 0.513 e. The summed E-state index contributed by atoms with van der Waals surface area (Å²) in [5.74, 6) is 1.42. The van der Waals surface area contributed by atoms with E-state index in [1.807, 2.05) is 0 Å². The largest absolute Gasteiger partial charge is 0.513 e. The zero-order valence-electron chi connectivity index (χ0n) is 16.4. The summed E-state index contributed by atoms with van der Waals surface area (Å²) in [4.78, 5) is 23.7. The van der Waals surface area contributed by atoms with Gasteiger partial charge in [0, 0.05) is 23.0 Å². The summed E-state index contributed by atoms with van der Waals surface area (Å²) in [6.07, 6.45) is 7.39. The highest BCUT2D eigenvalue weighted by atomic mass is 16.7. The molecule has 3 aliphatic carbocycles. The fraction of sp³-hybridized carbons (Fsp3) is 0.545. The van der Waals surface area contributed by atoms with Crippen molar-refractivity contribution in [3.05, 3.63) is 34.4 Å². The minimum Gasteiger partial charge on any atom is -0.437 e. The number of hydrogen-bond acceptors (Lipinski definition) is 6. The van der Waals surface area contributed by atoms with E-state index in [-0.39, 0.29) is 11.8 Å². The zero-order valence-corrected chi connectivity index (χ0v) is 16.4. The van der Waals surface area contributed by atoms with E-state index in [1.54, 1.807) is 12.1 Å². The van der Waals surface area contributed by atoms with Crippen molar-refractivity contribution in [1.29, 1.82) is 0 Å². The van der Waals surface area contributed by atoms with Gasteiger partial charge in [-0.3, -0.25) is 0 Å². The molecule has 0 amide bonds. The van der Waals surface area contributed by atoms with Crippen LogP contribution in [-0.2, 0) is 9.47 Å². The van der Waals surface area contributed by atoms with Gasteiger partial charge in [-0.05, 0) is 50.7 Å². The minimum atomic E-state index is -0.736. The topological polar surface area (TPSA) is 71.1 Å². The quantitative estimate of drug-likeness (QED) is 0.374. The third kappa shape index (κ3) is 3.25. The first kappa shape index (κ1) is 18.8. The van der Waals surface area contributed by atoms with Gasteiger partial charge in [-0.15, -0.1) is 0 Å². The van der Waals surface area contributed by atoms with Crippen molar-refractivity contribution < 1.29 is 28.5 Å². The van der Waals surface area contributed by atoms with Crippen molar-refractivity contribution in [3.63, 3.8) is 0 Å². The van der Waals surface area contributed by atoms with Crippen LogP contribution in [-0.4, -0.2) is 26.5 Å². The fourth-order valence-electron chi connectivity index (χ4n) is 5.19. The van der Waals surface area contributed by atoms with Crippen molar-refractivity contribution in [1.82, 2.24) is 0 Å². The average molecular weight is 386 g/mol. The third-order valence-electron chi connectivity index (χ3n) is 6.26. The van der Waals surface area contributed by atoms with Gasteiger partial charge >= 0.3 is 12.3 Å². The van der Waals surface area contributed by atoms with Gasteiger partial charge in [-0.1, -0.05) is 24.0 Å². The molecule has 0 saturated heterocycles. The summed E-state index contributed by atoms with van der Waals surface area (Å²) < 4.78 is 20.5. The Kier molecular flexibility index (Phi) is 5.29. The Morgan fingerprint density at radius 1 is 0.750 bits per heavy atom. The van der Waals surface area contributed by atoms with Crippen LogP contribution in [0.2, 0.25) is 0 Å². The Balaban J connectivity index is 1.89. The normalized spacial score (nSPS) is 23.1. The van der Waals surface area contributed by atoms with E-state index in [4.69, 9.17) is 18.9 Å². The van der Waals surface area contributed by atoms with E-state index in [9.17, 15) is 9.59 Å². The van der Waals surface area contributed by atoms with Crippen molar-refractivity contribution in [3.8, 4) is 11.5 Å². The number of allylic oxidation sites excluding steroid dienone is 2. The van der Waals surface area contributed by atoms with Crippen LogP contribution >= 0.6 is 0 Å². The number of fused-ring (bicyclic) bond motifs is 5. The molecule has 2 saturated carbocycles. The van der Waals surface area contributed by atoms with E-state index in [2.05, 4.69) is 0 Å². The predicted molar refractivity (Wildman–Crippen MR) is 102 cm³/mol. The van der Waals surface area contributed by atoms with Crippen molar-refractivity contribution in [2.45, 2.75) is 63.2 Å². The first-order valence-corrected chi connectivity index (χ1v) is 10.0. The summed E-state index contributed by atoms with van der Waals surface area (Å²) in [6.45, 7) is 0. The van der Waals surface area contributed by atoms with Gasteiger partial charge in [0.1, 0.15) is 11.5 Å². The van der Waals surface area contributed by atoms with Gasteiger partial charge in [0.2, 0.25) is 0 Å². The predicted octanol–water partition coefficient (Wildman–Crippen LogP) is 5.60. The lowest BCUT2D eigenvalue weighted by atomic mass is 9.63. The van der Waals surface area contributed by atoms with Crippen molar-refractivity contribution in [2.75, 3.05) is 14.2 Å². The fourth-order valence-corrected chi connectivity index (χ4v) is 5.19. The summed E-state index contributed by atoms with van der Waals surface area (Å²) >= 11 is 0. The number of methoxy groups -OCH3 is 2. The number of rotatable bonds is 2. The summed E-state index contributed by atoms with van der Waals surface area (Å²) in [5.41, 5.74) is 4.98. The molecule has 6 heteroatoms. The van der Waals surface area contributed by atoms with Crippen molar-refractivity contribution in [2.24, 2.45) is 0 Å². The molecule has 0 radical (unpaired) electrons. The molecule has 0 aromatic heterocycles. The van der Waals surface area contributed by atoms with Gasteiger partial charge < -0.3 is 18.9 Å². The number of carbonyl (C=O) groups is 2. The molecular weight excluding hydrogens is 360 g/mol. The van der Waals surface area contributed by atoms with Gasteiger partial charge in [0.15, 0.2) is 0 Å². The first-order valence-electron chi connectivity index (χ1n) is 10.0. The standard InChI is InChI=1S/C22H26O6/c1-25-21(23)27-17-11-12-18(28-22(24)26-2)20-16-10-6-4-8-14(16)13-7-3-5-9-15(13)19(17)20/h11-12,15-16H,3-10H2,1-2H3/t15-,16-/m1/s1. The van der Waals surface area contributed by atoms with Crippen LogP contribution < -0.4 is 9.47 Å². The Bertz CT molecular complexity index is 758. The third-order valence-corrected chi connectivity index (χ3v) is 6.26. The number of hydrogen-bond donors (Lipinski definition) is 0. The molecule has 4 rings (SSSR count). The second-order valence-corrected chi connectivity index (χ2v) is 7.65. The minimum absolute atomic E-state index is 0.203. The summed E-state index contributed by atoms with van der Waals surface area (Å²) in [6, 6.07) is 3.40. The molecule has 2 fully saturated rings. The van der Waals surface area contributed by atoms with Crippen LogP contribution in [0.3, 0.4) is 0 Å². The second-order valence-electron chi connectivity index (χ2n) is 7.65. The molecule has 6 nitrogen and oxygen atoms in total. The van der Waals surface area contributed by atoms with Gasteiger partial charge in [-0.25, -0.2) is 9.59 Å². The van der Waals surface area contributed by atoms with E-state index >= 15 is 0 Å². The van der Waals surface area contributed by atoms with Crippen LogP contribution in [0.1, 0.15) is 74.3 Å². The molecule has 150 valence electrons. The Morgan fingerprint density at radius 2 is 1.18 bits per heavy atom. The van der Waals surface area contributed by atoms with E-state index < -0.39 is 12.3 Å². The number of carbonyl (C=O) groups excluding carboxylic acids is 2. The van der Waals surface area contributed by atoms with Gasteiger partial charge in [0.25, 0.3) is 0 Å². The summed E-state index contributed by atoms with van der Waals surface area (Å²) in [5, 5.41) is 0. The van der Waals surface area contributed by atoms with Crippen LogP contribution in [0, 0.1) is 0 Å². The second kappa shape index (κ2) is 7.86. The highest BCUT2D eigenvalue weighted by Crippen LogP contribution is 2.57. The molecule has 2 atom stereocenters. The maximum absolute atomic E-state index is 11.9. The van der Waals surface area contributed by atoms with Crippen LogP contribution in [0.5, 0.6) is 11.5 Å². The highest BCUT2D eigenvalue weighted by Gasteiger charge is 2.40. The average Bonchev–Trinajstić information content (AvgIpc) is 2.74. The van der Waals surface area contributed by atoms with Gasteiger partial charge in [0.05, 0.1) is 14.2 Å². The molecule has 3 aliphatic rings. The van der Waals surface area contributed by atoms with E-state index in [0.717, 1.165) is 49.7 Å². The van der Waals surface area contributed by atoms with E-state index in [0.29, 0.717) is 11.5 Å². The molecule has 0 unspecified atom stereocenters. The Hall–Kier alpha value is -2.50. The lowest BCUT2D eigenvalue weighted by Crippen LogP contribution is -2.26. The molecular formula is C22H26O6. The lowest BCUT2D eigenvalue weighted by Gasteiger charge is -2.42. The molecule has 0 heterocycles. The molecule has 0 aliphatic heterocycles. The Morgan fingerprint density at radius 3 is 1.57 bits per heavy atom. The molecule has 1 aromatic carbocycles. The molecule has 0 bridgehead atoms. The monoisotopic (exact) mass is 386 g/mol. The van der Waals surface area contributed by atoms with Crippen LogP contribution in [0.15, 0.2) is 23.3 Å². The number of ether oxygens (including phenoxy) is 4. The van der Waals surface area contributed by atoms with Crippen LogP contribution in [0.25, 0.3) is 0 Å². The summed E-state index contributed by atoms with van der Waals surface area (Å²) in [7, 11) is 2.60. The smallest absolute Gasteiger partial charge is 0.437 e. The van der Waals surface area contributed by atoms with Crippen molar-refractivity contribution >= 4 is 12.3 Å². The number of benzene rings is 1. The Labute approximate surface area is 164 Å². The lowest BCUT2D eigenvalue weighted by molar-refractivity contribution is 0.118. The van der Waals surface area contributed by atoms with Gasteiger partial charge in [-0.2, -0.15) is 0 Å². The highest BCUT2D eigenvalue weighted by molar-refractivity contribution is 5.70. The van der Waals surface area contributed by atoms with Crippen LogP contribution in [0.4, 0.5) is 9.59 Å². The molecule has 28 heavy (non-hydrogen) atoms. The SMILES string of the molecule is COC(=O)Oc1ccc(OC(=O)OC)c2c1[C@@H]1CCCCC1=C1CCCC[C@H]12. The first-order chi connectivity index (χ1) is 13.6.